The van der Waals surface area contributed by atoms with E-state index in [4.69, 9.17) is 17.3 Å². The number of hydrogen-bond donors (Lipinski definition) is 5. The molecule has 0 bridgehead atoms. The fourth-order valence-electron chi connectivity index (χ4n) is 3.09. The Hall–Kier alpha value is -1.51. The molecule has 1 aromatic carbocycles. The number of aryl methyl sites for hydroxylation is 1. The zero-order valence-electron chi connectivity index (χ0n) is 15.8. The maximum absolute atomic E-state index is 12.4. The Bertz CT molecular complexity index is 675. The van der Waals surface area contributed by atoms with Crippen molar-refractivity contribution in [1.29, 1.82) is 0 Å². The number of aliphatic hydroxyl groups excluding tert-OH is 1. The van der Waals surface area contributed by atoms with Crippen molar-refractivity contribution in [1.82, 2.24) is 16.0 Å². The monoisotopic (exact) mass is 396 g/mol. The van der Waals surface area contributed by atoms with Crippen LogP contribution in [0.1, 0.15) is 31.4 Å². The zero-order chi connectivity index (χ0) is 20.0. The standard InChI is InChI=1S/C19H29ClN4O3/c1-19(2,6-5-12-9-14(20)4-3-13(12)10-21)16(25)18(27)24-17(26)15-11-22-7-8-23-15/h3-4,9,15-16,22-23,25H,5-8,10-11,21H2,1-2H3,(H,24,26,27)/t15-,16-/m0/s1. The molecule has 0 unspecified atom stereocenters. The van der Waals surface area contributed by atoms with Gasteiger partial charge in [0, 0.05) is 36.6 Å². The lowest BCUT2D eigenvalue weighted by Crippen LogP contribution is -2.58. The van der Waals surface area contributed by atoms with Gasteiger partial charge < -0.3 is 21.5 Å². The molecular weight excluding hydrogens is 368 g/mol. The number of carbonyl (C=O) groups excluding carboxylic acids is 2. The number of aliphatic hydroxyl groups is 1. The maximum Gasteiger partial charge on any atom is 0.255 e. The van der Waals surface area contributed by atoms with Crippen molar-refractivity contribution in [2.24, 2.45) is 11.1 Å². The van der Waals surface area contributed by atoms with Gasteiger partial charge in [-0.3, -0.25) is 14.9 Å². The van der Waals surface area contributed by atoms with Crippen LogP contribution in [-0.2, 0) is 22.6 Å². The normalized spacial score (nSPS) is 18.8. The first-order chi connectivity index (χ1) is 12.7. The van der Waals surface area contributed by atoms with Crippen molar-refractivity contribution in [3.8, 4) is 0 Å². The molecule has 1 saturated heterocycles. The van der Waals surface area contributed by atoms with E-state index in [-0.39, 0.29) is 0 Å². The highest BCUT2D eigenvalue weighted by atomic mass is 35.5. The number of nitrogens with one attached hydrogen (secondary N) is 3. The van der Waals surface area contributed by atoms with E-state index in [0.717, 1.165) is 17.7 Å². The zero-order valence-corrected chi connectivity index (χ0v) is 16.6. The summed E-state index contributed by atoms with van der Waals surface area (Å²) in [5.41, 5.74) is 7.03. The largest absolute Gasteiger partial charge is 0.383 e. The Labute approximate surface area is 165 Å². The lowest BCUT2D eigenvalue weighted by molar-refractivity contribution is -0.141. The molecule has 27 heavy (non-hydrogen) atoms. The molecule has 2 amide bonds. The summed E-state index contributed by atoms with van der Waals surface area (Å²) >= 11 is 6.07. The van der Waals surface area contributed by atoms with Crippen LogP contribution in [0.25, 0.3) is 0 Å². The summed E-state index contributed by atoms with van der Waals surface area (Å²) in [4.78, 5) is 24.5. The Balaban J connectivity index is 1.95. The first-order valence-corrected chi connectivity index (χ1v) is 9.56. The Morgan fingerprint density at radius 3 is 2.74 bits per heavy atom. The minimum Gasteiger partial charge on any atom is -0.383 e. The number of amides is 2. The molecule has 0 aliphatic carbocycles. The van der Waals surface area contributed by atoms with Crippen LogP contribution >= 0.6 is 11.6 Å². The van der Waals surface area contributed by atoms with Gasteiger partial charge in [-0.15, -0.1) is 0 Å². The number of halogens is 1. The average Bonchev–Trinajstić information content (AvgIpc) is 2.66. The van der Waals surface area contributed by atoms with E-state index in [9.17, 15) is 14.7 Å². The van der Waals surface area contributed by atoms with Crippen molar-refractivity contribution >= 4 is 23.4 Å². The summed E-state index contributed by atoms with van der Waals surface area (Å²) in [6, 6.07) is 5.06. The van der Waals surface area contributed by atoms with Gasteiger partial charge in [0.15, 0.2) is 0 Å². The number of nitrogens with two attached hydrogens (primary N) is 1. The lowest BCUT2D eigenvalue weighted by Gasteiger charge is -2.30. The van der Waals surface area contributed by atoms with Gasteiger partial charge in [0.25, 0.3) is 5.91 Å². The third-order valence-electron chi connectivity index (χ3n) is 5.02. The minimum absolute atomic E-state index is 0.396. The van der Waals surface area contributed by atoms with Gasteiger partial charge in [-0.2, -0.15) is 0 Å². The molecule has 150 valence electrons. The SMILES string of the molecule is CC(C)(CCc1cc(Cl)ccc1CN)[C@@H](O)C(=O)NC(=O)[C@@H]1CNCCN1. The average molecular weight is 397 g/mol. The second kappa shape index (κ2) is 9.61. The molecule has 6 N–H and O–H groups in total. The number of hydrogen-bond acceptors (Lipinski definition) is 6. The van der Waals surface area contributed by atoms with Crippen LogP contribution in [0.15, 0.2) is 18.2 Å². The quantitative estimate of drug-likeness (QED) is 0.453. The highest BCUT2D eigenvalue weighted by Gasteiger charge is 2.35. The van der Waals surface area contributed by atoms with E-state index in [1.54, 1.807) is 19.9 Å². The minimum atomic E-state index is -1.31. The number of rotatable bonds is 7. The summed E-state index contributed by atoms with van der Waals surface area (Å²) in [5, 5.41) is 19.6. The van der Waals surface area contributed by atoms with Crippen LogP contribution < -0.4 is 21.7 Å². The van der Waals surface area contributed by atoms with Crippen LogP contribution in [0, 0.1) is 5.41 Å². The molecule has 1 heterocycles. The number of carbonyl (C=O) groups is 2. The van der Waals surface area contributed by atoms with Gasteiger partial charge in [-0.25, -0.2) is 0 Å². The molecule has 1 fully saturated rings. The smallest absolute Gasteiger partial charge is 0.255 e. The molecule has 1 aromatic rings. The molecule has 0 spiro atoms. The van der Waals surface area contributed by atoms with Crippen molar-refractivity contribution < 1.29 is 14.7 Å². The molecule has 0 aromatic heterocycles. The highest BCUT2D eigenvalue weighted by molar-refractivity contribution is 6.30. The third-order valence-corrected chi connectivity index (χ3v) is 5.25. The van der Waals surface area contributed by atoms with E-state index < -0.39 is 29.4 Å². The molecule has 0 saturated carbocycles. The van der Waals surface area contributed by atoms with Crippen LogP contribution in [0.2, 0.25) is 5.02 Å². The number of imide groups is 1. The molecule has 2 rings (SSSR count). The highest BCUT2D eigenvalue weighted by Crippen LogP contribution is 2.29. The van der Waals surface area contributed by atoms with Crippen molar-refractivity contribution in [3.63, 3.8) is 0 Å². The molecule has 1 aliphatic heterocycles. The van der Waals surface area contributed by atoms with Gasteiger partial charge >= 0.3 is 0 Å². The first kappa shape index (κ1) is 21.8. The van der Waals surface area contributed by atoms with E-state index in [1.165, 1.54) is 0 Å². The van der Waals surface area contributed by atoms with Crippen molar-refractivity contribution in [3.05, 3.63) is 34.3 Å². The summed E-state index contributed by atoms with van der Waals surface area (Å²) in [6.07, 6.45) is -0.155. The maximum atomic E-state index is 12.4. The van der Waals surface area contributed by atoms with E-state index in [2.05, 4.69) is 16.0 Å². The van der Waals surface area contributed by atoms with Crippen LogP contribution in [0.4, 0.5) is 0 Å². The Kier molecular flexibility index (Phi) is 7.76. The summed E-state index contributed by atoms with van der Waals surface area (Å²) in [6.45, 7) is 5.89. The lowest BCUT2D eigenvalue weighted by atomic mass is 9.80. The van der Waals surface area contributed by atoms with Gasteiger partial charge in [-0.05, 0) is 36.1 Å². The van der Waals surface area contributed by atoms with Gasteiger partial charge in [0.05, 0.1) is 6.04 Å². The second-order valence-corrected chi connectivity index (χ2v) is 8.01. The Morgan fingerprint density at radius 2 is 2.11 bits per heavy atom. The fourth-order valence-corrected chi connectivity index (χ4v) is 3.29. The van der Waals surface area contributed by atoms with Crippen LogP contribution in [0.5, 0.6) is 0 Å². The molecule has 1 aliphatic rings. The molecular formula is C19H29ClN4O3. The Morgan fingerprint density at radius 1 is 1.37 bits per heavy atom. The molecule has 8 heteroatoms. The molecule has 2 atom stereocenters. The van der Waals surface area contributed by atoms with E-state index in [1.807, 2.05) is 12.1 Å². The first-order valence-electron chi connectivity index (χ1n) is 9.19. The van der Waals surface area contributed by atoms with Gasteiger partial charge in [-0.1, -0.05) is 31.5 Å². The summed E-state index contributed by atoms with van der Waals surface area (Å²) < 4.78 is 0. The van der Waals surface area contributed by atoms with E-state index in [0.29, 0.717) is 37.5 Å². The number of piperazine rings is 1. The third kappa shape index (κ3) is 5.99. The molecule has 0 radical (unpaired) electrons. The number of benzene rings is 1. The predicted octanol–water partition coefficient (Wildman–Crippen LogP) is 0.323. The van der Waals surface area contributed by atoms with Crippen LogP contribution in [0.3, 0.4) is 0 Å². The summed E-state index contributed by atoms with van der Waals surface area (Å²) in [5.74, 6) is -1.11. The summed E-state index contributed by atoms with van der Waals surface area (Å²) in [7, 11) is 0. The van der Waals surface area contributed by atoms with Crippen LogP contribution in [-0.4, -0.2) is 48.7 Å². The van der Waals surface area contributed by atoms with Crippen molar-refractivity contribution in [2.45, 2.75) is 45.4 Å². The van der Waals surface area contributed by atoms with E-state index >= 15 is 0 Å². The van der Waals surface area contributed by atoms with Gasteiger partial charge in [0.2, 0.25) is 5.91 Å². The topological polar surface area (TPSA) is 116 Å². The van der Waals surface area contributed by atoms with Crippen molar-refractivity contribution in [2.75, 3.05) is 19.6 Å². The fraction of sp³-hybridized carbons (Fsp3) is 0.579. The van der Waals surface area contributed by atoms with Gasteiger partial charge in [0.1, 0.15) is 6.10 Å². The molecule has 7 nitrogen and oxygen atoms in total. The predicted molar refractivity (Wildman–Crippen MR) is 105 cm³/mol. The second-order valence-electron chi connectivity index (χ2n) is 7.57.